The SMILES string of the molecule is COc1ccc(S(=O)(=O)[N+]2(C(N)=O)CCC(C(=O)Nc3ccc(OC(F)(F)F)cc3)CC2)cc1. The van der Waals surface area contributed by atoms with Gasteiger partial charge in [0.25, 0.3) is 0 Å². The van der Waals surface area contributed by atoms with Gasteiger partial charge in [0.05, 0.1) is 7.11 Å². The van der Waals surface area contributed by atoms with E-state index >= 15 is 0 Å². The number of amides is 3. The molecule has 3 N–H and O–H groups in total. The summed E-state index contributed by atoms with van der Waals surface area (Å²) in [5.41, 5.74) is 5.76. The van der Waals surface area contributed by atoms with Gasteiger partial charge in [-0.1, -0.05) is 0 Å². The summed E-state index contributed by atoms with van der Waals surface area (Å²) < 4.78 is 71.2. The second kappa shape index (κ2) is 9.50. The summed E-state index contributed by atoms with van der Waals surface area (Å²) in [6.45, 7) is -0.416. The van der Waals surface area contributed by atoms with Crippen LogP contribution in [0.15, 0.2) is 53.4 Å². The number of nitrogens with two attached hydrogens (primary N) is 1. The molecule has 3 amide bonds. The number of quaternary nitrogens is 1. The number of piperidine rings is 1. The molecule has 0 unspecified atom stereocenters. The minimum atomic E-state index is -4.83. The first-order valence-corrected chi connectivity index (χ1v) is 11.5. The molecule has 1 saturated heterocycles. The average Bonchev–Trinajstić information content (AvgIpc) is 2.79. The summed E-state index contributed by atoms with van der Waals surface area (Å²) in [7, 11) is -2.77. The Morgan fingerprint density at radius 3 is 2.00 bits per heavy atom. The standard InChI is InChI=1S/C21H22F3N3O6S/c1-32-16-6-8-18(9-7-16)34(30,31)27(20(25)29)12-10-14(11-13-27)19(28)26-15-2-4-17(5-3-15)33-21(22,23)24/h2-9,14H,10-13H2,1H3,(H2-,25,26,28,29)/p+1. The average molecular weight is 502 g/mol. The molecule has 1 aliphatic rings. The Morgan fingerprint density at radius 1 is 1.00 bits per heavy atom. The smallest absolute Gasteiger partial charge is 0.497 e. The fourth-order valence-electron chi connectivity index (χ4n) is 3.76. The quantitative estimate of drug-likeness (QED) is 0.585. The molecule has 1 aliphatic heterocycles. The number of sulfonamides is 1. The lowest BCUT2D eigenvalue weighted by Crippen LogP contribution is -2.63. The van der Waals surface area contributed by atoms with Crippen molar-refractivity contribution in [1.82, 2.24) is 0 Å². The minimum Gasteiger partial charge on any atom is -0.497 e. The number of carbonyl (C=O) groups excluding carboxylic acids is 2. The van der Waals surface area contributed by atoms with Crippen LogP contribution in [0.5, 0.6) is 11.5 Å². The molecule has 0 atom stereocenters. The lowest BCUT2D eigenvalue weighted by Gasteiger charge is -2.37. The molecule has 34 heavy (non-hydrogen) atoms. The number of urea groups is 1. The second-order valence-corrected chi connectivity index (χ2v) is 9.78. The number of halogens is 3. The van der Waals surface area contributed by atoms with E-state index in [0.29, 0.717) is 5.75 Å². The molecule has 0 aliphatic carbocycles. The van der Waals surface area contributed by atoms with Crippen molar-refractivity contribution in [3.05, 3.63) is 48.5 Å². The third kappa shape index (κ3) is 5.25. The van der Waals surface area contributed by atoms with E-state index in [1.165, 1.54) is 43.5 Å². The number of hydrogen-bond acceptors (Lipinski definition) is 6. The van der Waals surface area contributed by atoms with Gasteiger partial charge in [-0.3, -0.25) is 4.79 Å². The highest BCUT2D eigenvalue weighted by Gasteiger charge is 2.52. The second-order valence-electron chi connectivity index (χ2n) is 7.66. The normalized spacial score (nSPS) is 20.9. The molecule has 1 heterocycles. The number of rotatable bonds is 6. The molecule has 0 bridgehead atoms. The van der Waals surface area contributed by atoms with Gasteiger partial charge in [0, 0.05) is 24.4 Å². The first-order chi connectivity index (χ1) is 15.9. The Kier molecular flexibility index (Phi) is 7.07. The lowest BCUT2D eigenvalue weighted by atomic mass is 9.96. The van der Waals surface area contributed by atoms with Crippen molar-refractivity contribution in [1.29, 1.82) is 0 Å². The fraction of sp³-hybridized carbons (Fsp3) is 0.333. The van der Waals surface area contributed by atoms with E-state index in [4.69, 9.17) is 10.5 Å². The van der Waals surface area contributed by atoms with Gasteiger partial charge in [-0.15, -0.1) is 17.1 Å². The van der Waals surface area contributed by atoms with Crippen molar-refractivity contribution in [2.24, 2.45) is 11.7 Å². The van der Waals surface area contributed by atoms with Gasteiger partial charge in [-0.05, 0) is 48.5 Å². The molecule has 0 saturated carbocycles. The summed E-state index contributed by atoms with van der Waals surface area (Å²) in [4.78, 5) is 24.9. The minimum absolute atomic E-state index is 0.0550. The van der Waals surface area contributed by atoms with Crippen molar-refractivity contribution in [3.63, 3.8) is 0 Å². The molecule has 2 aromatic rings. The van der Waals surface area contributed by atoms with E-state index in [2.05, 4.69) is 10.1 Å². The summed E-state index contributed by atoms with van der Waals surface area (Å²) >= 11 is 0. The number of likely N-dealkylation sites (tertiary alicyclic amines) is 1. The van der Waals surface area contributed by atoms with Gasteiger partial charge in [-0.2, -0.15) is 8.42 Å². The molecule has 13 heteroatoms. The van der Waals surface area contributed by atoms with Crippen LogP contribution in [-0.2, 0) is 14.8 Å². The highest BCUT2D eigenvalue weighted by Crippen LogP contribution is 2.33. The molecule has 0 spiro atoms. The van der Waals surface area contributed by atoms with E-state index in [0.717, 1.165) is 12.1 Å². The number of benzene rings is 2. The number of alkyl halides is 3. The van der Waals surface area contributed by atoms with Crippen LogP contribution >= 0.6 is 0 Å². The third-order valence-electron chi connectivity index (χ3n) is 5.62. The van der Waals surface area contributed by atoms with Gasteiger partial charge in [0.15, 0.2) is 0 Å². The summed E-state index contributed by atoms with van der Waals surface area (Å²) in [6, 6.07) is 9.12. The topological polar surface area (TPSA) is 125 Å². The number of hydrogen-bond donors (Lipinski definition) is 2. The monoisotopic (exact) mass is 502 g/mol. The van der Waals surface area contributed by atoms with E-state index in [-0.39, 0.29) is 36.5 Å². The van der Waals surface area contributed by atoms with Gasteiger partial charge in [0.1, 0.15) is 29.5 Å². The third-order valence-corrected chi connectivity index (χ3v) is 7.96. The van der Waals surface area contributed by atoms with E-state index in [9.17, 15) is 31.2 Å². The number of carbonyl (C=O) groups is 2. The Labute approximate surface area is 193 Å². The Bertz CT molecular complexity index is 1140. The molecule has 3 rings (SSSR count). The highest BCUT2D eigenvalue weighted by atomic mass is 32.2. The number of anilines is 1. The van der Waals surface area contributed by atoms with Crippen LogP contribution in [0, 0.1) is 5.92 Å². The van der Waals surface area contributed by atoms with E-state index < -0.39 is 43.9 Å². The first-order valence-electron chi connectivity index (χ1n) is 10.1. The Hall–Kier alpha value is -3.32. The number of nitrogens with zero attached hydrogens (tertiary/aromatic N) is 1. The van der Waals surface area contributed by atoms with Crippen LogP contribution in [0.1, 0.15) is 12.8 Å². The number of methoxy groups -OCH3 is 1. The first kappa shape index (κ1) is 25.3. The molecule has 0 aromatic heterocycles. The molecular weight excluding hydrogens is 479 g/mol. The number of nitrogens with one attached hydrogen (secondary N) is 1. The predicted octanol–water partition coefficient (Wildman–Crippen LogP) is 3.23. The van der Waals surface area contributed by atoms with Crippen LogP contribution in [0.4, 0.5) is 23.7 Å². The van der Waals surface area contributed by atoms with Crippen LogP contribution in [-0.4, -0.2) is 50.8 Å². The van der Waals surface area contributed by atoms with Crippen molar-refractivity contribution in [2.45, 2.75) is 24.1 Å². The molecule has 1 fully saturated rings. The van der Waals surface area contributed by atoms with Crippen molar-refractivity contribution >= 4 is 27.6 Å². The summed E-state index contributed by atoms with van der Waals surface area (Å²) in [5.74, 6) is -1.07. The zero-order valence-corrected chi connectivity index (χ0v) is 18.9. The van der Waals surface area contributed by atoms with Crippen molar-refractivity contribution in [2.75, 3.05) is 25.5 Å². The van der Waals surface area contributed by atoms with Crippen molar-refractivity contribution < 1.29 is 44.5 Å². The van der Waals surface area contributed by atoms with Gasteiger partial charge in [-0.25, -0.2) is 4.79 Å². The van der Waals surface area contributed by atoms with Crippen LogP contribution in [0.25, 0.3) is 0 Å². The zero-order chi connectivity index (χ0) is 25.1. The van der Waals surface area contributed by atoms with E-state index in [1.54, 1.807) is 0 Å². The number of primary amides is 1. The largest absolute Gasteiger partial charge is 0.573 e. The molecular formula is C21H23F3N3O6S+. The lowest BCUT2D eigenvalue weighted by molar-refractivity contribution is -0.728. The summed E-state index contributed by atoms with van der Waals surface area (Å²) in [6.07, 6.45) is -4.72. The fourth-order valence-corrected chi connectivity index (χ4v) is 5.57. The van der Waals surface area contributed by atoms with E-state index in [1.807, 2.05) is 0 Å². The number of ether oxygens (including phenoxy) is 2. The molecule has 184 valence electrons. The molecule has 9 nitrogen and oxygen atoms in total. The predicted molar refractivity (Wildman–Crippen MR) is 114 cm³/mol. The van der Waals surface area contributed by atoms with Gasteiger partial charge >= 0.3 is 22.4 Å². The van der Waals surface area contributed by atoms with Crippen LogP contribution in [0.3, 0.4) is 0 Å². The highest BCUT2D eigenvalue weighted by molar-refractivity contribution is 7.86. The van der Waals surface area contributed by atoms with Crippen LogP contribution < -0.4 is 20.5 Å². The van der Waals surface area contributed by atoms with Crippen molar-refractivity contribution in [3.8, 4) is 11.5 Å². The van der Waals surface area contributed by atoms with Gasteiger partial charge in [0.2, 0.25) is 5.91 Å². The molecule has 0 radical (unpaired) electrons. The maximum Gasteiger partial charge on any atom is 0.573 e. The Balaban J connectivity index is 1.70. The maximum atomic E-state index is 13.3. The molecule has 2 aromatic carbocycles. The maximum absolute atomic E-state index is 13.3. The van der Waals surface area contributed by atoms with Crippen LogP contribution in [0.2, 0.25) is 0 Å². The zero-order valence-electron chi connectivity index (χ0n) is 18.0. The van der Waals surface area contributed by atoms with Gasteiger partial charge < -0.3 is 20.5 Å². The summed E-state index contributed by atoms with van der Waals surface area (Å²) in [5, 5.41) is 2.58. The Morgan fingerprint density at radius 2 is 1.53 bits per heavy atom.